The van der Waals surface area contributed by atoms with Gasteiger partial charge in [-0.25, -0.2) is 4.39 Å². The maximum atomic E-state index is 13.2. The number of methoxy groups -OCH3 is 1. The molecule has 0 unspecified atom stereocenters. The molecule has 1 aromatic carbocycles. The second-order valence-electron chi connectivity index (χ2n) is 6.12. The van der Waals surface area contributed by atoms with Gasteiger partial charge >= 0.3 is 0 Å². The monoisotopic (exact) mass is 469 g/mol. The third-order valence-corrected chi connectivity index (χ3v) is 4.84. The molecule has 0 bridgehead atoms. The third-order valence-electron chi connectivity index (χ3n) is 4.55. The minimum atomic E-state index is -0.400. The van der Waals surface area contributed by atoms with E-state index in [1.807, 2.05) is 0 Å². The fourth-order valence-electron chi connectivity index (χ4n) is 2.84. The Morgan fingerprint density at radius 2 is 2.12 bits per heavy atom. The molecular weight excluding hydrogens is 444 g/mol. The van der Waals surface area contributed by atoms with Crippen molar-refractivity contribution in [3.8, 4) is 0 Å². The van der Waals surface area contributed by atoms with Crippen molar-refractivity contribution in [3.63, 3.8) is 0 Å². The molecule has 7 heteroatoms. The molecule has 0 radical (unpaired) electrons. The first-order valence-electron chi connectivity index (χ1n) is 7.96. The standard InChI is InChI=1S/C17H25ClFN3O.HI/c1-20-16(21-11-13-4-5-15(19)14(18)10-13)22-12-17(6-3-7-17)8-9-23-2;/h4-5,10H,3,6-9,11-12H2,1-2H3,(H2,20,21,22);1H. The average Bonchev–Trinajstić information content (AvgIpc) is 2.52. The summed E-state index contributed by atoms with van der Waals surface area (Å²) in [5, 5.41) is 6.77. The largest absolute Gasteiger partial charge is 0.385 e. The molecule has 136 valence electrons. The van der Waals surface area contributed by atoms with Crippen LogP contribution in [0.3, 0.4) is 0 Å². The summed E-state index contributed by atoms with van der Waals surface area (Å²) < 4.78 is 18.4. The van der Waals surface area contributed by atoms with Gasteiger partial charge in [-0.1, -0.05) is 24.1 Å². The van der Waals surface area contributed by atoms with Crippen LogP contribution in [0.4, 0.5) is 4.39 Å². The lowest BCUT2D eigenvalue weighted by Crippen LogP contribution is -2.46. The molecule has 1 aromatic rings. The van der Waals surface area contributed by atoms with Gasteiger partial charge in [0, 0.05) is 33.9 Å². The lowest BCUT2D eigenvalue weighted by Gasteiger charge is -2.42. The molecule has 0 aromatic heterocycles. The lowest BCUT2D eigenvalue weighted by molar-refractivity contribution is 0.0732. The van der Waals surface area contributed by atoms with Crippen molar-refractivity contribution in [2.24, 2.45) is 10.4 Å². The summed E-state index contributed by atoms with van der Waals surface area (Å²) >= 11 is 5.80. The second kappa shape index (κ2) is 10.4. The van der Waals surface area contributed by atoms with Crippen LogP contribution in [0.5, 0.6) is 0 Å². The predicted octanol–water partition coefficient (Wildman–Crippen LogP) is 3.97. The van der Waals surface area contributed by atoms with E-state index in [2.05, 4.69) is 15.6 Å². The molecule has 1 aliphatic carbocycles. The van der Waals surface area contributed by atoms with E-state index in [4.69, 9.17) is 16.3 Å². The highest BCUT2D eigenvalue weighted by Gasteiger charge is 2.36. The molecule has 0 spiro atoms. The van der Waals surface area contributed by atoms with Crippen LogP contribution < -0.4 is 10.6 Å². The quantitative estimate of drug-likeness (QED) is 0.361. The Balaban J connectivity index is 0.00000288. The zero-order valence-electron chi connectivity index (χ0n) is 14.2. The Morgan fingerprint density at radius 1 is 1.38 bits per heavy atom. The number of aliphatic imine (C=N–C) groups is 1. The Hall–Kier alpha value is -0.600. The van der Waals surface area contributed by atoms with Crippen molar-refractivity contribution in [2.75, 3.05) is 27.3 Å². The number of hydrogen-bond donors (Lipinski definition) is 2. The van der Waals surface area contributed by atoms with Crippen LogP contribution >= 0.6 is 35.6 Å². The number of halogens is 3. The van der Waals surface area contributed by atoms with Gasteiger partial charge in [0.15, 0.2) is 5.96 Å². The van der Waals surface area contributed by atoms with Gasteiger partial charge in [0.25, 0.3) is 0 Å². The van der Waals surface area contributed by atoms with Crippen molar-refractivity contribution in [3.05, 3.63) is 34.6 Å². The minimum Gasteiger partial charge on any atom is -0.385 e. The number of rotatable bonds is 7. The molecule has 0 aliphatic heterocycles. The Labute approximate surface area is 165 Å². The Kier molecular flexibility index (Phi) is 9.30. The van der Waals surface area contributed by atoms with Crippen molar-refractivity contribution in [1.29, 1.82) is 0 Å². The van der Waals surface area contributed by atoms with Crippen molar-refractivity contribution in [1.82, 2.24) is 10.6 Å². The summed E-state index contributed by atoms with van der Waals surface area (Å²) in [7, 11) is 3.49. The summed E-state index contributed by atoms with van der Waals surface area (Å²) in [6.45, 7) is 2.23. The maximum Gasteiger partial charge on any atom is 0.191 e. The van der Waals surface area contributed by atoms with Gasteiger partial charge in [0.2, 0.25) is 0 Å². The van der Waals surface area contributed by atoms with E-state index < -0.39 is 5.82 Å². The van der Waals surface area contributed by atoms with Gasteiger partial charge in [-0.3, -0.25) is 4.99 Å². The number of nitrogens with zero attached hydrogens (tertiary/aromatic N) is 1. The van der Waals surface area contributed by atoms with E-state index in [0.717, 1.165) is 31.1 Å². The molecule has 4 nitrogen and oxygen atoms in total. The molecule has 1 saturated carbocycles. The second-order valence-corrected chi connectivity index (χ2v) is 6.53. The minimum absolute atomic E-state index is 0. The first-order chi connectivity index (χ1) is 11.1. The molecule has 1 fully saturated rings. The number of ether oxygens (including phenoxy) is 1. The summed E-state index contributed by atoms with van der Waals surface area (Å²) in [4.78, 5) is 4.24. The molecule has 2 N–H and O–H groups in total. The van der Waals surface area contributed by atoms with Crippen LogP contribution in [0.2, 0.25) is 5.02 Å². The lowest BCUT2D eigenvalue weighted by atomic mass is 9.67. The highest BCUT2D eigenvalue weighted by molar-refractivity contribution is 14.0. The van der Waals surface area contributed by atoms with Crippen molar-refractivity contribution in [2.45, 2.75) is 32.2 Å². The highest BCUT2D eigenvalue weighted by Crippen LogP contribution is 2.43. The van der Waals surface area contributed by atoms with Crippen molar-refractivity contribution < 1.29 is 9.13 Å². The number of hydrogen-bond acceptors (Lipinski definition) is 2. The number of guanidine groups is 1. The van der Waals surface area contributed by atoms with Crippen molar-refractivity contribution >= 4 is 41.5 Å². The number of benzene rings is 1. The van der Waals surface area contributed by atoms with E-state index in [0.29, 0.717) is 12.0 Å². The summed E-state index contributed by atoms with van der Waals surface area (Å²) in [6.07, 6.45) is 4.81. The van der Waals surface area contributed by atoms with Gasteiger partial charge < -0.3 is 15.4 Å². The molecule has 2 rings (SSSR count). The van der Waals surface area contributed by atoms with Crippen LogP contribution in [-0.4, -0.2) is 33.3 Å². The predicted molar refractivity (Wildman–Crippen MR) is 108 cm³/mol. The maximum absolute atomic E-state index is 13.2. The summed E-state index contributed by atoms with van der Waals surface area (Å²) in [5.41, 5.74) is 1.24. The van der Waals surface area contributed by atoms with E-state index in [1.54, 1.807) is 26.3 Å². The van der Waals surface area contributed by atoms with Crippen LogP contribution in [0.15, 0.2) is 23.2 Å². The third kappa shape index (κ3) is 6.04. The topological polar surface area (TPSA) is 45.7 Å². The van der Waals surface area contributed by atoms with E-state index in [9.17, 15) is 4.39 Å². The van der Waals surface area contributed by atoms with Crippen LogP contribution in [0.1, 0.15) is 31.2 Å². The van der Waals surface area contributed by atoms with Gasteiger partial charge in [-0.2, -0.15) is 0 Å². The van der Waals surface area contributed by atoms with Crippen LogP contribution in [0.25, 0.3) is 0 Å². The number of nitrogens with one attached hydrogen (secondary N) is 2. The average molecular weight is 470 g/mol. The summed E-state index contributed by atoms with van der Waals surface area (Å²) in [5.74, 6) is 0.345. The Morgan fingerprint density at radius 3 is 2.67 bits per heavy atom. The zero-order chi connectivity index (χ0) is 16.7. The molecule has 1 aliphatic rings. The smallest absolute Gasteiger partial charge is 0.191 e. The van der Waals surface area contributed by atoms with E-state index in [1.165, 1.54) is 25.3 Å². The fraction of sp³-hybridized carbons (Fsp3) is 0.588. The molecule has 24 heavy (non-hydrogen) atoms. The van der Waals surface area contributed by atoms with Gasteiger partial charge in [0.05, 0.1) is 5.02 Å². The zero-order valence-corrected chi connectivity index (χ0v) is 17.3. The van der Waals surface area contributed by atoms with E-state index in [-0.39, 0.29) is 29.0 Å². The molecule has 0 saturated heterocycles. The van der Waals surface area contributed by atoms with Gasteiger partial charge in [-0.15, -0.1) is 24.0 Å². The van der Waals surface area contributed by atoms with Crippen LogP contribution in [-0.2, 0) is 11.3 Å². The molecular formula is C17H26ClFIN3O. The normalized spacial score (nSPS) is 16.1. The molecule has 0 atom stereocenters. The van der Waals surface area contributed by atoms with Gasteiger partial charge in [-0.05, 0) is 42.4 Å². The molecule has 0 amide bonds. The fourth-order valence-corrected chi connectivity index (χ4v) is 3.04. The molecule has 0 heterocycles. The Bertz CT molecular complexity index is 553. The first-order valence-corrected chi connectivity index (χ1v) is 8.34. The summed E-state index contributed by atoms with van der Waals surface area (Å²) in [6, 6.07) is 4.72. The van der Waals surface area contributed by atoms with E-state index >= 15 is 0 Å². The van der Waals surface area contributed by atoms with Crippen LogP contribution in [0, 0.1) is 11.2 Å². The van der Waals surface area contributed by atoms with Gasteiger partial charge in [0.1, 0.15) is 5.82 Å². The highest BCUT2D eigenvalue weighted by atomic mass is 127. The first kappa shape index (κ1) is 21.4. The SMILES string of the molecule is CN=C(NCc1ccc(F)c(Cl)c1)NCC1(CCOC)CCC1.I.